The van der Waals surface area contributed by atoms with Crippen LogP contribution in [-0.2, 0) is 9.47 Å². The first-order valence-electron chi connectivity index (χ1n) is 6.79. The minimum atomic E-state index is -0.0412. The maximum Gasteiger partial charge on any atom is 0.166 e. The second kappa shape index (κ2) is 7.92. The molecule has 1 atom stereocenters. The van der Waals surface area contributed by atoms with Crippen LogP contribution in [0.5, 0.6) is 0 Å². The van der Waals surface area contributed by atoms with Crippen molar-refractivity contribution in [2.75, 3.05) is 26.4 Å². The first-order valence-corrected chi connectivity index (χ1v) is 7.20. The molecule has 18 heavy (non-hydrogen) atoms. The van der Waals surface area contributed by atoms with Crippen molar-refractivity contribution < 1.29 is 9.47 Å². The standard InChI is InChI=1S/C13H26N2O2S/c1-4-16-8-5-7-14-12(18)15-11-6-9-17-13(2,3)10-11/h11H,4-10H2,1-3H3,(H2,14,15,18). The fraction of sp³-hybridized carbons (Fsp3) is 0.923. The SMILES string of the molecule is CCOCCCNC(=S)NC1CCOC(C)(C)C1. The third-order valence-electron chi connectivity index (χ3n) is 2.99. The Balaban J connectivity index is 2.12. The lowest BCUT2D eigenvalue weighted by atomic mass is 9.94. The van der Waals surface area contributed by atoms with Gasteiger partial charge in [-0.15, -0.1) is 0 Å². The van der Waals surface area contributed by atoms with Crippen molar-refractivity contribution >= 4 is 17.3 Å². The van der Waals surface area contributed by atoms with Crippen molar-refractivity contribution in [2.45, 2.75) is 51.7 Å². The Morgan fingerprint density at radius 1 is 1.50 bits per heavy atom. The minimum Gasteiger partial charge on any atom is -0.382 e. The Hall–Kier alpha value is -0.390. The van der Waals surface area contributed by atoms with Gasteiger partial charge in [0.2, 0.25) is 0 Å². The highest BCUT2D eigenvalue weighted by molar-refractivity contribution is 7.80. The number of hydrogen-bond donors (Lipinski definition) is 2. The van der Waals surface area contributed by atoms with Gasteiger partial charge in [-0.05, 0) is 52.3 Å². The molecule has 0 spiro atoms. The normalized spacial score (nSPS) is 22.5. The number of ether oxygens (including phenoxy) is 2. The molecular formula is C13H26N2O2S. The average molecular weight is 274 g/mol. The molecule has 1 rings (SSSR count). The quantitative estimate of drug-likeness (QED) is 0.571. The Morgan fingerprint density at radius 3 is 2.94 bits per heavy atom. The lowest BCUT2D eigenvalue weighted by Crippen LogP contribution is -2.48. The Kier molecular flexibility index (Phi) is 6.89. The Bertz CT molecular complexity index is 259. The zero-order valence-corrected chi connectivity index (χ0v) is 12.6. The minimum absolute atomic E-state index is 0.0412. The number of nitrogens with one attached hydrogen (secondary N) is 2. The van der Waals surface area contributed by atoms with E-state index in [0.717, 1.165) is 50.7 Å². The highest BCUT2D eigenvalue weighted by atomic mass is 32.1. The Labute approximate surface area is 116 Å². The van der Waals surface area contributed by atoms with E-state index in [-0.39, 0.29) is 5.60 Å². The molecule has 0 saturated carbocycles. The predicted octanol–water partition coefficient (Wildman–Crippen LogP) is 1.83. The van der Waals surface area contributed by atoms with Crippen molar-refractivity contribution in [1.29, 1.82) is 0 Å². The summed E-state index contributed by atoms with van der Waals surface area (Å²) in [4.78, 5) is 0. The van der Waals surface area contributed by atoms with Crippen LogP contribution < -0.4 is 10.6 Å². The van der Waals surface area contributed by atoms with Gasteiger partial charge in [0, 0.05) is 32.4 Å². The summed E-state index contributed by atoms with van der Waals surface area (Å²) in [5, 5.41) is 7.33. The van der Waals surface area contributed by atoms with E-state index in [0.29, 0.717) is 6.04 Å². The van der Waals surface area contributed by atoms with Gasteiger partial charge < -0.3 is 20.1 Å². The molecule has 1 heterocycles. The van der Waals surface area contributed by atoms with Crippen molar-refractivity contribution in [3.8, 4) is 0 Å². The zero-order chi connectivity index (χ0) is 13.4. The molecule has 0 amide bonds. The van der Waals surface area contributed by atoms with Crippen molar-refractivity contribution in [3.05, 3.63) is 0 Å². The van der Waals surface area contributed by atoms with Gasteiger partial charge in [0.1, 0.15) is 0 Å². The molecule has 106 valence electrons. The molecule has 0 aromatic rings. The average Bonchev–Trinajstić information content (AvgIpc) is 2.27. The van der Waals surface area contributed by atoms with Gasteiger partial charge in [-0.1, -0.05) is 0 Å². The van der Waals surface area contributed by atoms with Gasteiger partial charge in [-0.2, -0.15) is 0 Å². The van der Waals surface area contributed by atoms with Crippen LogP contribution in [0.15, 0.2) is 0 Å². The summed E-state index contributed by atoms with van der Waals surface area (Å²) >= 11 is 5.28. The molecule has 1 aliphatic heterocycles. The summed E-state index contributed by atoms with van der Waals surface area (Å²) in [5.74, 6) is 0. The molecule has 4 nitrogen and oxygen atoms in total. The van der Waals surface area contributed by atoms with Crippen LogP contribution in [0.3, 0.4) is 0 Å². The van der Waals surface area contributed by atoms with E-state index in [9.17, 15) is 0 Å². The van der Waals surface area contributed by atoms with Gasteiger partial charge in [0.25, 0.3) is 0 Å². The lowest BCUT2D eigenvalue weighted by Gasteiger charge is -2.36. The van der Waals surface area contributed by atoms with E-state index < -0.39 is 0 Å². The number of hydrogen-bond acceptors (Lipinski definition) is 3. The maximum absolute atomic E-state index is 5.68. The molecule has 0 radical (unpaired) electrons. The van der Waals surface area contributed by atoms with Crippen LogP contribution >= 0.6 is 12.2 Å². The smallest absolute Gasteiger partial charge is 0.166 e. The monoisotopic (exact) mass is 274 g/mol. The molecule has 1 aliphatic rings. The van der Waals surface area contributed by atoms with Crippen molar-refractivity contribution in [1.82, 2.24) is 10.6 Å². The first-order chi connectivity index (χ1) is 8.53. The summed E-state index contributed by atoms with van der Waals surface area (Å²) < 4.78 is 11.0. The van der Waals surface area contributed by atoms with Gasteiger partial charge in [0.15, 0.2) is 5.11 Å². The molecule has 1 unspecified atom stereocenters. The first kappa shape index (κ1) is 15.7. The number of thiocarbonyl (C=S) groups is 1. The van der Waals surface area contributed by atoms with Crippen LogP contribution in [-0.4, -0.2) is 43.1 Å². The van der Waals surface area contributed by atoms with Gasteiger partial charge >= 0.3 is 0 Å². The third-order valence-corrected chi connectivity index (χ3v) is 3.25. The summed E-state index contributed by atoms with van der Waals surface area (Å²) in [6.45, 7) is 9.48. The largest absolute Gasteiger partial charge is 0.382 e. The highest BCUT2D eigenvalue weighted by Gasteiger charge is 2.28. The van der Waals surface area contributed by atoms with Crippen molar-refractivity contribution in [2.24, 2.45) is 0 Å². The van der Waals surface area contributed by atoms with E-state index in [4.69, 9.17) is 21.7 Å². The third kappa shape index (κ3) is 6.52. The summed E-state index contributed by atoms with van der Waals surface area (Å²) in [6, 6.07) is 0.417. The Morgan fingerprint density at radius 2 is 2.28 bits per heavy atom. The van der Waals surface area contributed by atoms with Gasteiger partial charge in [0.05, 0.1) is 5.60 Å². The highest BCUT2D eigenvalue weighted by Crippen LogP contribution is 2.23. The predicted molar refractivity (Wildman–Crippen MR) is 77.9 cm³/mol. The van der Waals surface area contributed by atoms with E-state index in [1.54, 1.807) is 0 Å². The molecule has 0 aromatic heterocycles. The molecular weight excluding hydrogens is 248 g/mol. The van der Waals surface area contributed by atoms with Crippen LogP contribution in [0.2, 0.25) is 0 Å². The molecule has 1 fully saturated rings. The molecule has 1 saturated heterocycles. The fourth-order valence-electron chi connectivity index (χ4n) is 2.11. The van der Waals surface area contributed by atoms with Crippen molar-refractivity contribution in [3.63, 3.8) is 0 Å². The summed E-state index contributed by atoms with van der Waals surface area (Å²) in [7, 11) is 0. The van der Waals surface area contributed by atoms with Crippen LogP contribution in [0.4, 0.5) is 0 Å². The van der Waals surface area contributed by atoms with E-state index in [2.05, 4.69) is 24.5 Å². The molecule has 0 bridgehead atoms. The zero-order valence-electron chi connectivity index (χ0n) is 11.8. The molecule has 2 N–H and O–H groups in total. The molecule has 5 heteroatoms. The second-order valence-electron chi connectivity index (χ2n) is 5.25. The summed E-state index contributed by atoms with van der Waals surface area (Å²) in [6.07, 6.45) is 2.99. The van der Waals surface area contributed by atoms with E-state index in [1.165, 1.54) is 0 Å². The topological polar surface area (TPSA) is 42.5 Å². The van der Waals surface area contributed by atoms with Crippen LogP contribution in [0.25, 0.3) is 0 Å². The van der Waals surface area contributed by atoms with Gasteiger partial charge in [-0.3, -0.25) is 0 Å². The molecule has 0 aromatic carbocycles. The number of rotatable bonds is 6. The maximum atomic E-state index is 5.68. The molecule has 0 aliphatic carbocycles. The van der Waals surface area contributed by atoms with E-state index >= 15 is 0 Å². The van der Waals surface area contributed by atoms with Gasteiger partial charge in [-0.25, -0.2) is 0 Å². The van der Waals surface area contributed by atoms with Crippen LogP contribution in [0, 0.1) is 0 Å². The van der Waals surface area contributed by atoms with Crippen LogP contribution in [0.1, 0.15) is 40.0 Å². The fourth-order valence-corrected chi connectivity index (χ4v) is 2.38. The lowest BCUT2D eigenvalue weighted by molar-refractivity contribution is -0.0604. The second-order valence-corrected chi connectivity index (χ2v) is 5.66. The van der Waals surface area contributed by atoms with E-state index in [1.807, 2.05) is 6.92 Å². The summed E-state index contributed by atoms with van der Waals surface area (Å²) in [5.41, 5.74) is -0.0412.